The molecule has 6 heterocycles. The van der Waals surface area contributed by atoms with Gasteiger partial charge in [0.1, 0.15) is 22.6 Å². The van der Waals surface area contributed by atoms with Crippen LogP contribution in [0.3, 0.4) is 0 Å². The number of nitrogens with zero attached hydrogens (tertiary/aromatic N) is 8. The van der Waals surface area contributed by atoms with Gasteiger partial charge in [-0.05, 0) is 86.4 Å². The molecular formula is C53H56N8O2Si3. The summed E-state index contributed by atoms with van der Waals surface area (Å²) in [6.45, 7) is 20.3. The quantitative estimate of drug-likeness (QED) is 0.121. The average Bonchev–Trinajstić information content (AvgIpc) is 4.05. The molecule has 0 atom stereocenters. The number of rotatable bonds is 11. The molecule has 6 bridgehead atoms. The van der Waals surface area contributed by atoms with Gasteiger partial charge < -0.3 is 8.23 Å². The number of hydrogen-bond donors (Lipinski definition) is 0. The summed E-state index contributed by atoms with van der Waals surface area (Å²) in [4.78, 5) is 34.1. The monoisotopic (exact) mass is 920 g/mol. The molecule has 0 unspecified atom stereocenters. The molecule has 0 saturated carbocycles. The fourth-order valence-electron chi connectivity index (χ4n) is 10.6. The minimum absolute atomic E-state index is 0.603. The molecule has 0 saturated heterocycles. The largest absolute Gasteiger partial charge is 0.582 e. The van der Waals surface area contributed by atoms with Gasteiger partial charge in [-0.3, -0.25) is 8.47 Å². The molecule has 4 aliphatic heterocycles. The highest BCUT2D eigenvalue weighted by molar-refractivity contribution is 6.89. The maximum Gasteiger partial charge on any atom is 0.582 e. The van der Waals surface area contributed by atoms with E-state index in [1.807, 2.05) is 0 Å². The zero-order chi connectivity index (χ0) is 45.7. The van der Waals surface area contributed by atoms with Crippen LogP contribution in [-0.2, 0) is 8.23 Å². The van der Waals surface area contributed by atoms with Crippen LogP contribution in [0.1, 0.15) is 80.5 Å². The zero-order valence-electron chi connectivity index (χ0n) is 39.5. The Morgan fingerprint density at radius 2 is 0.924 bits per heavy atom. The van der Waals surface area contributed by atoms with Gasteiger partial charge in [-0.2, -0.15) is 0 Å². The van der Waals surface area contributed by atoms with E-state index >= 15 is 0 Å². The maximum atomic E-state index is 8.60. The summed E-state index contributed by atoms with van der Waals surface area (Å²) < 4.78 is 21.9. The Kier molecular flexibility index (Phi) is 10.2. The van der Waals surface area contributed by atoms with Crippen LogP contribution >= 0.6 is 0 Å². The van der Waals surface area contributed by atoms with E-state index in [0.717, 1.165) is 113 Å². The molecule has 4 aliphatic rings. The molecule has 10 nitrogen and oxygen atoms in total. The lowest BCUT2D eigenvalue weighted by molar-refractivity contribution is 0.326. The predicted molar refractivity (Wildman–Crippen MR) is 277 cm³/mol. The lowest BCUT2D eigenvalue weighted by Gasteiger charge is -2.45. The van der Waals surface area contributed by atoms with Gasteiger partial charge in [0.2, 0.25) is 0 Å². The fourth-order valence-corrected chi connectivity index (χ4v) is 25.5. The second-order valence-corrected chi connectivity index (χ2v) is 31.0. The van der Waals surface area contributed by atoms with Crippen molar-refractivity contribution in [3.05, 3.63) is 153 Å². The molecule has 0 fully saturated rings. The van der Waals surface area contributed by atoms with Gasteiger partial charge in [-0.15, -0.1) is 0 Å². The van der Waals surface area contributed by atoms with Crippen molar-refractivity contribution in [2.75, 3.05) is 0 Å². The summed E-state index contributed by atoms with van der Waals surface area (Å²) in [7, 11) is -9.67. The van der Waals surface area contributed by atoms with E-state index in [-0.39, 0.29) is 0 Å². The van der Waals surface area contributed by atoms with Crippen molar-refractivity contribution in [1.82, 2.24) is 8.47 Å². The van der Waals surface area contributed by atoms with Crippen LogP contribution in [0, 0.1) is 20.8 Å². The molecule has 66 heavy (non-hydrogen) atoms. The third-order valence-electron chi connectivity index (χ3n) is 14.8. The van der Waals surface area contributed by atoms with Crippen LogP contribution in [0.25, 0.3) is 32.7 Å². The van der Waals surface area contributed by atoms with Crippen LogP contribution < -0.4 is 11.0 Å². The Balaban J connectivity index is 1.50. The number of aromatic nitrogens is 2. The molecule has 5 aromatic carbocycles. The van der Waals surface area contributed by atoms with Crippen molar-refractivity contribution < 1.29 is 8.23 Å². The van der Waals surface area contributed by atoms with Crippen molar-refractivity contribution >= 4 is 82.0 Å². The summed E-state index contributed by atoms with van der Waals surface area (Å²) in [5.41, 5.74) is 10.7. The number of aryl methyl sites for hydroxylation is 3. The van der Waals surface area contributed by atoms with Crippen LogP contribution in [0.2, 0.25) is 36.3 Å². The molecule has 332 valence electrons. The van der Waals surface area contributed by atoms with Crippen molar-refractivity contribution in [2.24, 2.45) is 30.0 Å². The smallest absolute Gasteiger partial charge is 0.404 e. The van der Waals surface area contributed by atoms with Crippen LogP contribution in [-0.4, -0.2) is 57.3 Å². The van der Waals surface area contributed by atoms with Gasteiger partial charge >= 0.3 is 8.88 Å². The van der Waals surface area contributed by atoms with Crippen molar-refractivity contribution in [3.8, 4) is 11.1 Å². The first kappa shape index (κ1) is 42.7. The minimum atomic E-state index is -4.32. The van der Waals surface area contributed by atoms with Gasteiger partial charge in [0.15, 0.2) is 40.0 Å². The molecule has 0 spiro atoms. The third kappa shape index (κ3) is 6.30. The minimum Gasteiger partial charge on any atom is -0.404 e. The van der Waals surface area contributed by atoms with Crippen molar-refractivity contribution in [2.45, 2.75) is 98.6 Å². The lowest BCUT2D eigenvalue weighted by atomic mass is 10.00. The summed E-state index contributed by atoms with van der Waals surface area (Å²) >= 11 is 0. The molecule has 2 aromatic heterocycles. The zero-order valence-corrected chi connectivity index (χ0v) is 42.5. The average molecular weight is 921 g/mol. The highest BCUT2D eigenvalue weighted by atomic mass is 28.5. The van der Waals surface area contributed by atoms with Crippen molar-refractivity contribution in [3.63, 3.8) is 0 Å². The van der Waals surface area contributed by atoms with E-state index in [0.29, 0.717) is 40.5 Å². The van der Waals surface area contributed by atoms with Gasteiger partial charge in [0, 0.05) is 43.8 Å². The van der Waals surface area contributed by atoms with Crippen LogP contribution in [0.4, 0.5) is 11.6 Å². The van der Waals surface area contributed by atoms with E-state index in [1.54, 1.807) is 0 Å². The normalized spacial score (nSPS) is 18.3. The van der Waals surface area contributed by atoms with Gasteiger partial charge in [0.25, 0.3) is 0 Å². The van der Waals surface area contributed by atoms with E-state index in [1.165, 1.54) is 0 Å². The Morgan fingerprint density at radius 3 is 1.52 bits per heavy atom. The molecule has 13 heteroatoms. The first-order valence-corrected chi connectivity index (χ1v) is 30.6. The standard InChI is InChI=1S/C53H56N8O2Si3/c1-10-64(11-2,12-3)62-66(63-65(13-4,14-5)15-6)60-50-40-29-26-35(9)32-44(40)52(60)57-47-39-28-25-34(8)31-43(39)49(55-47)59-53-45-37(36-20-17-16-18-21-36)22-19-23-41(45)51(61(53)66)56-46-38-27-24-33(7)30-42(38)48(54-46)58-50/h16-32H,10-15H2,1-9H3/b56-46-,56-51?,57-47?,57-52-,58-48?,58-50-,59-49-,59-53?. The summed E-state index contributed by atoms with van der Waals surface area (Å²) in [5, 5.41) is 3.81. The number of amidine groups is 4. The van der Waals surface area contributed by atoms with E-state index in [2.05, 4.69) is 174 Å². The molecule has 0 aliphatic carbocycles. The molecular weight excluding hydrogens is 865 g/mol. The van der Waals surface area contributed by atoms with Gasteiger partial charge in [0.05, 0.1) is 0 Å². The third-order valence-corrected chi connectivity index (χ3v) is 30.1. The maximum absolute atomic E-state index is 8.60. The second kappa shape index (κ2) is 15.8. The van der Waals surface area contributed by atoms with Crippen LogP contribution in [0.5, 0.6) is 0 Å². The Morgan fingerprint density at radius 1 is 0.424 bits per heavy atom. The first-order chi connectivity index (χ1) is 32.0. The summed E-state index contributed by atoms with van der Waals surface area (Å²) in [6, 6.07) is 42.2. The summed E-state index contributed by atoms with van der Waals surface area (Å²) in [5.74, 6) is 3.84. The van der Waals surface area contributed by atoms with Gasteiger partial charge in [-0.25, -0.2) is 30.0 Å². The second-order valence-electron chi connectivity index (χ2n) is 18.4. The Bertz CT molecular complexity index is 3410. The topological polar surface area (TPSA) is 102 Å². The van der Waals surface area contributed by atoms with E-state index in [4.69, 9.17) is 38.2 Å². The van der Waals surface area contributed by atoms with Crippen LogP contribution in [0.15, 0.2) is 133 Å². The predicted octanol–water partition coefficient (Wildman–Crippen LogP) is 12.0. The molecule has 0 N–H and O–H groups in total. The van der Waals surface area contributed by atoms with E-state index < -0.39 is 25.5 Å². The molecule has 0 amide bonds. The summed E-state index contributed by atoms with van der Waals surface area (Å²) in [6.07, 6.45) is 0. The fraction of sp³-hybridized carbons (Fsp3) is 0.283. The SMILES string of the molecule is CC[Si](CC)(CC)O[Si]1(O[Si](CC)(CC)CC)n2c3c4cccc(-c5ccccc5)c4c2/N=C2N=C(/N=c4/c5cc(C)ccc5/c(n41)=N/C1=NC(=N\3)/c3ccc(C)cc31)c1ccc(C)cc1\2. The number of benzene rings is 5. The lowest BCUT2D eigenvalue weighted by Crippen LogP contribution is -2.71. The molecule has 7 aromatic rings. The van der Waals surface area contributed by atoms with Gasteiger partial charge in [-0.1, -0.05) is 143 Å². The number of aliphatic imine (C=N–C) groups is 4. The molecule has 11 rings (SSSR count). The van der Waals surface area contributed by atoms with E-state index in [9.17, 15) is 0 Å². The van der Waals surface area contributed by atoms with Crippen molar-refractivity contribution in [1.29, 1.82) is 0 Å². The Hall–Kier alpha value is -5.97. The number of fused-ring (bicyclic) bond motifs is 14. The Labute approximate surface area is 389 Å². The first-order valence-electron chi connectivity index (χ1n) is 23.8. The highest BCUT2D eigenvalue weighted by Gasteiger charge is 2.59. The highest BCUT2D eigenvalue weighted by Crippen LogP contribution is 2.49. The molecule has 0 radical (unpaired) electrons. The number of hydrogen-bond acceptors (Lipinski definition) is 8.